The Kier molecular flexibility index (Phi) is 5.13. The summed E-state index contributed by atoms with van der Waals surface area (Å²) in [5, 5.41) is 8.01. The lowest BCUT2D eigenvalue weighted by Crippen LogP contribution is -2.39. The molecule has 0 bridgehead atoms. The topological polar surface area (TPSA) is 62.1 Å². The molecule has 1 aliphatic carbocycles. The zero-order chi connectivity index (χ0) is 19.7. The third kappa shape index (κ3) is 4.54. The first kappa shape index (κ1) is 19.0. The van der Waals surface area contributed by atoms with E-state index in [0.717, 1.165) is 12.8 Å². The van der Waals surface area contributed by atoms with Crippen molar-refractivity contribution in [1.29, 1.82) is 0 Å². The van der Waals surface area contributed by atoms with Crippen molar-refractivity contribution < 1.29 is 18.3 Å². The standard InChI is InChI=1S/C20H22F2N4O2/c1-20(2)11-27-17(28-12-20)10-26-9-16(24-25-26)18-15(19(21)22)7-14(8-23-18)6-5-13-3-4-13/h7-9,13,17,19H,3-4,10-12H2,1-2H3. The summed E-state index contributed by atoms with van der Waals surface area (Å²) in [4.78, 5) is 4.19. The lowest BCUT2D eigenvalue weighted by atomic mass is 9.96. The molecule has 1 saturated heterocycles. The molecule has 2 aromatic rings. The quantitative estimate of drug-likeness (QED) is 0.751. The molecule has 1 aliphatic heterocycles. The smallest absolute Gasteiger partial charge is 0.266 e. The Morgan fingerprint density at radius 1 is 1.29 bits per heavy atom. The Bertz CT molecular complexity index is 902. The van der Waals surface area contributed by atoms with Gasteiger partial charge in [0.05, 0.1) is 26.0 Å². The van der Waals surface area contributed by atoms with Crippen molar-refractivity contribution in [3.8, 4) is 23.2 Å². The number of hydrogen-bond acceptors (Lipinski definition) is 5. The molecule has 2 fully saturated rings. The molecule has 6 nitrogen and oxygen atoms in total. The molecular formula is C20H22F2N4O2. The van der Waals surface area contributed by atoms with Crippen LogP contribution >= 0.6 is 0 Å². The Morgan fingerprint density at radius 3 is 2.71 bits per heavy atom. The Balaban J connectivity index is 1.50. The monoisotopic (exact) mass is 388 g/mol. The van der Waals surface area contributed by atoms with Gasteiger partial charge in [-0.2, -0.15) is 0 Å². The SMILES string of the molecule is CC1(C)COC(Cn2cc(-c3ncc(C#CC4CC4)cc3C(F)F)nn2)OC1. The number of hydrogen-bond donors (Lipinski definition) is 0. The van der Waals surface area contributed by atoms with Gasteiger partial charge >= 0.3 is 0 Å². The van der Waals surface area contributed by atoms with E-state index in [0.29, 0.717) is 31.2 Å². The first-order valence-corrected chi connectivity index (χ1v) is 9.33. The van der Waals surface area contributed by atoms with Crippen LogP contribution in [-0.2, 0) is 16.0 Å². The largest absolute Gasteiger partial charge is 0.350 e. The third-order valence-corrected chi connectivity index (χ3v) is 4.59. The van der Waals surface area contributed by atoms with Crippen molar-refractivity contribution in [2.45, 2.75) is 45.9 Å². The van der Waals surface area contributed by atoms with Gasteiger partial charge in [-0.25, -0.2) is 13.5 Å². The van der Waals surface area contributed by atoms with E-state index in [1.165, 1.54) is 16.9 Å². The molecule has 0 radical (unpaired) electrons. The minimum absolute atomic E-state index is 0.0236. The number of nitrogens with zero attached hydrogens (tertiary/aromatic N) is 4. The summed E-state index contributed by atoms with van der Waals surface area (Å²) in [7, 11) is 0. The van der Waals surface area contributed by atoms with Gasteiger partial charge in [0.2, 0.25) is 0 Å². The summed E-state index contributed by atoms with van der Waals surface area (Å²) in [5.41, 5.74) is 0.675. The minimum atomic E-state index is -2.68. The molecule has 2 aromatic heterocycles. The van der Waals surface area contributed by atoms with E-state index < -0.39 is 12.7 Å². The number of ether oxygens (including phenoxy) is 2. The average Bonchev–Trinajstić information content (AvgIpc) is 3.38. The molecule has 8 heteroatoms. The number of aromatic nitrogens is 4. The van der Waals surface area contributed by atoms with Gasteiger partial charge in [0.15, 0.2) is 6.29 Å². The van der Waals surface area contributed by atoms with E-state index in [1.54, 1.807) is 6.20 Å². The fraction of sp³-hybridized carbons (Fsp3) is 0.550. The maximum Gasteiger partial charge on any atom is 0.266 e. The van der Waals surface area contributed by atoms with Crippen LogP contribution in [0.5, 0.6) is 0 Å². The van der Waals surface area contributed by atoms with Crippen molar-refractivity contribution >= 4 is 0 Å². The van der Waals surface area contributed by atoms with E-state index in [9.17, 15) is 8.78 Å². The van der Waals surface area contributed by atoms with E-state index in [-0.39, 0.29) is 22.4 Å². The highest BCUT2D eigenvalue weighted by molar-refractivity contribution is 5.59. The summed E-state index contributed by atoms with van der Waals surface area (Å²) in [6.07, 6.45) is 2.12. The summed E-state index contributed by atoms with van der Waals surface area (Å²) in [5.74, 6) is 6.38. The predicted molar refractivity (Wildman–Crippen MR) is 97.3 cm³/mol. The Labute approximate surface area is 162 Å². The van der Waals surface area contributed by atoms with Crippen molar-refractivity contribution in [2.24, 2.45) is 11.3 Å². The van der Waals surface area contributed by atoms with Crippen molar-refractivity contribution in [1.82, 2.24) is 20.0 Å². The average molecular weight is 388 g/mol. The summed E-state index contributed by atoms with van der Waals surface area (Å²) < 4.78 is 40.0. The fourth-order valence-electron chi connectivity index (χ4n) is 2.82. The van der Waals surface area contributed by atoms with Crippen LogP contribution in [0, 0.1) is 23.2 Å². The number of alkyl halides is 2. The molecule has 0 N–H and O–H groups in total. The van der Waals surface area contributed by atoms with Crippen LogP contribution in [0.1, 0.15) is 44.2 Å². The van der Waals surface area contributed by atoms with Crippen LogP contribution in [0.2, 0.25) is 0 Å². The highest BCUT2D eigenvalue weighted by Crippen LogP contribution is 2.30. The number of rotatable bonds is 4. The van der Waals surface area contributed by atoms with Gasteiger partial charge in [-0.3, -0.25) is 4.98 Å². The molecule has 28 heavy (non-hydrogen) atoms. The number of pyridine rings is 1. The van der Waals surface area contributed by atoms with Gasteiger partial charge < -0.3 is 9.47 Å². The van der Waals surface area contributed by atoms with Crippen LogP contribution in [0.3, 0.4) is 0 Å². The van der Waals surface area contributed by atoms with E-state index >= 15 is 0 Å². The molecule has 0 unspecified atom stereocenters. The predicted octanol–water partition coefficient (Wildman–Crippen LogP) is 3.44. The molecule has 0 aromatic carbocycles. The molecule has 0 spiro atoms. The minimum Gasteiger partial charge on any atom is -0.350 e. The van der Waals surface area contributed by atoms with Gasteiger partial charge in [-0.1, -0.05) is 30.9 Å². The van der Waals surface area contributed by atoms with Crippen LogP contribution in [0.25, 0.3) is 11.4 Å². The van der Waals surface area contributed by atoms with E-state index in [1.807, 2.05) is 0 Å². The first-order chi connectivity index (χ1) is 13.4. The molecule has 1 saturated carbocycles. The van der Waals surface area contributed by atoms with Gasteiger partial charge in [0.25, 0.3) is 6.43 Å². The van der Waals surface area contributed by atoms with Crippen LogP contribution in [0.15, 0.2) is 18.5 Å². The van der Waals surface area contributed by atoms with Crippen molar-refractivity contribution in [3.63, 3.8) is 0 Å². The third-order valence-electron chi connectivity index (χ3n) is 4.59. The molecule has 0 amide bonds. The van der Waals surface area contributed by atoms with Crippen LogP contribution < -0.4 is 0 Å². The summed E-state index contributed by atoms with van der Waals surface area (Å²) >= 11 is 0. The van der Waals surface area contributed by atoms with Crippen LogP contribution in [-0.4, -0.2) is 39.5 Å². The normalized spacial score (nSPS) is 19.5. The first-order valence-electron chi connectivity index (χ1n) is 9.33. The highest BCUT2D eigenvalue weighted by atomic mass is 19.3. The lowest BCUT2D eigenvalue weighted by molar-refractivity contribution is -0.227. The van der Waals surface area contributed by atoms with Gasteiger partial charge in [0, 0.05) is 28.7 Å². The van der Waals surface area contributed by atoms with Gasteiger partial charge in [-0.15, -0.1) is 5.10 Å². The zero-order valence-electron chi connectivity index (χ0n) is 15.9. The molecular weight excluding hydrogens is 366 g/mol. The molecule has 3 heterocycles. The molecule has 2 aliphatic rings. The summed E-state index contributed by atoms with van der Waals surface area (Å²) in [6, 6.07) is 1.39. The van der Waals surface area contributed by atoms with Crippen LogP contribution in [0.4, 0.5) is 8.78 Å². The summed E-state index contributed by atoms with van der Waals surface area (Å²) in [6.45, 7) is 5.62. The van der Waals surface area contributed by atoms with E-state index in [2.05, 4.69) is 41.0 Å². The number of halogens is 2. The lowest BCUT2D eigenvalue weighted by Gasteiger charge is -2.34. The molecule has 4 rings (SSSR count). The Hall–Kier alpha value is -2.37. The molecule has 148 valence electrons. The second-order valence-electron chi connectivity index (χ2n) is 8.05. The second kappa shape index (κ2) is 7.57. The highest BCUT2D eigenvalue weighted by Gasteiger charge is 2.29. The Morgan fingerprint density at radius 2 is 2.04 bits per heavy atom. The van der Waals surface area contributed by atoms with Crippen molar-refractivity contribution in [2.75, 3.05) is 13.2 Å². The van der Waals surface area contributed by atoms with Gasteiger partial charge in [-0.05, 0) is 18.9 Å². The maximum atomic E-state index is 13.6. The fourth-order valence-corrected chi connectivity index (χ4v) is 2.82. The molecule has 0 atom stereocenters. The van der Waals surface area contributed by atoms with Gasteiger partial charge in [0.1, 0.15) is 11.4 Å². The van der Waals surface area contributed by atoms with E-state index in [4.69, 9.17) is 9.47 Å². The maximum absolute atomic E-state index is 13.6. The second-order valence-corrected chi connectivity index (χ2v) is 8.05. The van der Waals surface area contributed by atoms with Crippen molar-refractivity contribution in [3.05, 3.63) is 29.6 Å². The zero-order valence-corrected chi connectivity index (χ0v) is 15.9.